The zero-order chi connectivity index (χ0) is 13.4. The molecule has 5 heteroatoms. The molecule has 0 aromatic heterocycles. The van der Waals surface area contributed by atoms with Gasteiger partial charge >= 0.3 is 0 Å². The fraction of sp³-hybridized carbons (Fsp3) is 0.571. The summed E-state index contributed by atoms with van der Waals surface area (Å²) in [6.45, 7) is 0.591. The fourth-order valence-electron chi connectivity index (χ4n) is 2.73. The molecule has 3 rings (SSSR count). The molecule has 0 saturated heterocycles. The number of nitro benzene ring substituents is 1. The quantitative estimate of drug-likeness (QED) is 0.642. The molecule has 1 aromatic rings. The van der Waals surface area contributed by atoms with Crippen molar-refractivity contribution >= 4 is 21.6 Å². The van der Waals surface area contributed by atoms with E-state index < -0.39 is 0 Å². The first-order valence-corrected chi connectivity index (χ1v) is 7.60. The second-order valence-corrected chi connectivity index (χ2v) is 6.53. The van der Waals surface area contributed by atoms with Gasteiger partial charge in [-0.3, -0.25) is 10.1 Å². The summed E-state index contributed by atoms with van der Waals surface area (Å²) in [6.07, 6.45) is 5.26. The van der Waals surface area contributed by atoms with E-state index in [1.807, 2.05) is 6.07 Å². The van der Waals surface area contributed by atoms with Crippen molar-refractivity contribution in [3.63, 3.8) is 0 Å². The number of hydrogen-bond acceptors (Lipinski definition) is 3. The highest BCUT2D eigenvalue weighted by Crippen LogP contribution is 2.44. The van der Waals surface area contributed by atoms with E-state index in [-0.39, 0.29) is 10.6 Å². The SMILES string of the molecule is O=[N+]([O-])c1ccc(Br)cc1CNC(C1CC1)C1CC1. The Kier molecular flexibility index (Phi) is 3.58. The average Bonchev–Trinajstić information content (AvgIpc) is 3.24. The third kappa shape index (κ3) is 3.15. The first kappa shape index (κ1) is 13.1. The third-order valence-electron chi connectivity index (χ3n) is 4.03. The monoisotopic (exact) mass is 324 g/mol. The molecule has 4 nitrogen and oxygen atoms in total. The van der Waals surface area contributed by atoms with Crippen LogP contribution in [0.2, 0.25) is 0 Å². The molecule has 2 fully saturated rings. The van der Waals surface area contributed by atoms with Crippen LogP contribution in [0.4, 0.5) is 5.69 Å². The van der Waals surface area contributed by atoms with Gasteiger partial charge in [0.25, 0.3) is 5.69 Å². The van der Waals surface area contributed by atoms with Crippen molar-refractivity contribution in [3.8, 4) is 0 Å². The predicted molar refractivity (Wildman–Crippen MR) is 76.9 cm³/mol. The Bertz CT molecular complexity index is 486. The van der Waals surface area contributed by atoms with Crippen LogP contribution in [0.5, 0.6) is 0 Å². The van der Waals surface area contributed by atoms with Crippen LogP contribution < -0.4 is 5.32 Å². The number of rotatable bonds is 6. The summed E-state index contributed by atoms with van der Waals surface area (Å²) < 4.78 is 0.893. The summed E-state index contributed by atoms with van der Waals surface area (Å²) in [7, 11) is 0. The van der Waals surface area contributed by atoms with Gasteiger partial charge in [-0.1, -0.05) is 15.9 Å². The molecule has 1 N–H and O–H groups in total. The lowest BCUT2D eigenvalue weighted by atomic mass is 10.1. The molecule has 102 valence electrons. The van der Waals surface area contributed by atoms with Crippen LogP contribution in [0.25, 0.3) is 0 Å². The smallest absolute Gasteiger partial charge is 0.273 e. The van der Waals surface area contributed by atoms with Gasteiger partial charge in [-0.15, -0.1) is 0 Å². The van der Waals surface area contributed by atoms with E-state index >= 15 is 0 Å². The molecular weight excluding hydrogens is 308 g/mol. The minimum atomic E-state index is -0.299. The zero-order valence-corrected chi connectivity index (χ0v) is 12.2. The van der Waals surface area contributed by atoms with E-state index in [2.05, 4.69) is 21.2 Å². The Morgan fingerprint density at radius 2 is 1.95 bits per heavy atom. The number of nitrogens with one attached hydrogen (secondary N) is 1. The van der Waals surface area contributed by atoms with Gasteiger partial charge in [-0.05, 0) is 49.7 Å². The minimum absolute atomic E-state index is 0.209. The second kappa shape index (κ2) is 5.21. The Balaban J connectivity index is 1.71. The molecule has 0 aliphatic heterocycles. The van der Waals surface area contributed by atoms with Crippen LogP contribution in [-0.2, 0) is 6.54 Å². The Hall–Kier alpha value is -0.940. The molecule has 2 aliphatic carbocycles. The van der Waals surface area contributed by atoms with E-state index in [9.17, 15) is 10.1 Å². The summed E-state index contributed by atoms with van der Waals surface area (Å²) in [5.74, 6) is 1.61. The topological polar surface area (TPSA) is 55.2 Å². The van der Waals surface area contributed by atoms with E-state index in [0.717, 1.165) is 21.9 Å². The first-order valence-electron chi connectivity index (χ1n) is 6.81. The number of nitrogens with zero attached hydrogens (tertiary/aromatic N) is 1. The molecule has 1 aromatic carbocycles. The third-order valence-corrected chi connectivity index (χ3v) is 4.52. The zero-order valence-electron chi connectivity index (χ0n) is 10.6. The van der Waals surface area contributed by atoms with Crippen LogP contribution in [0.1, 0.15) is 31.2 Å². The summed E-state index contributed by atoms with van der Waals surface area (Å²) >= 11 is 3.38. The number of benzene rings is 1. The maximum absolute atomic E-state index is 11.0. The highest BCUT2D eigenvalue weighted by molar-refractivity contribution is 9.10. The Morgan fingerprint density at radius 3 is 2.47 bits per heavy atom. The predicted octanol–water partition coefficient (Wildman–Crippen LogP) is 3.64. The van der Waals surface area contributed by atoms with Gasteiger partial charge in [-0.25, -0.2) is 0 Å². The minimum Gasteiger partial charge on any atom is -0.309 e. The normalized spacial score (nSPS) is 18.8. The maximum atomic E-state index is 11.0. The Morgan fingerprint density at radius 1 is 1.32 bits per heavy atom. The van der Waals surface area contributed by atoms with Gasteiger partial charge in [0.05, 0.1) is 4.92 Å². The van der Waals surface area contributed by atoms with Crippen LogP contribution in [0.15, 0.2) is 22.7 Å². The molecule has 0 spiro atoms. The highest BCUT2D eigenvalue weighted by Gasteiger charge is 2.41. The average molecular weight is 325 g/mol. The number of halogens is 1. The van der Waals surface area contributed by atoms with Gasteiger partial charge in [-0.2, -0.15) is 0 Å². The van der Waals surface area contributed by atoms with Crippen molar-refractivity contribution in [2.24, 2.45) is 11.8 Å². The molecule has 0 amide bonds. The fourth-order valence-corrected chi connectivity index (χ4v) is 3.14. The van der Waals surface area contributed by atoms with Gasteiger partial charge in [0.2, 0.25) is 0 Å². The van der Waals surface area contributed by atoms with Crippen LogP contribution in [0, 0.1) is 22.0 Å². The lowest BCUT2D eigenvalue weighted by Gasteiger charge is -2.17. The van der Waals surface area contributed by atoms with Crippen molar-refractivity contribution in [3.05, 3.63) is 38.3 Å². The molecule has 0 unspecified atom stereocenters. The highest BCUT2D eigenvalue weighted by atomic mass is 79.9. The summed E-state index contributed by atoms with van der Waals surface area (Å²) in [6, 6.07) is 5.71. The number of nitro groups is 1. The van der Waals surface area contributed by atoms with Gasteiger partial charge in [0.15, 0.2) is 0 Å². The van der Waals surface area contributed by atoms with E-state index in [0.29, 0.717) is 12.6 Å². The van der Waals surface area contributed by atoms with Gasteiger partial charge in [0, 0.05) is 28.7 Å². The van der Waals surface area contributed by atoms with Crippen LogP contribution in [-0.4, -0.2) is 11.0 Å². The van der Waals surface area contributed by atoms with Crippen molar-refractivity contribution in [2.75, 3.05) is 0 Å². The van der Waals surface area contributed by atoms with E-state index in [1.165, 1.54) is 25.7 Å². The molecule has 0 atom stereocenters. The lowest BCUT2D eigenvalue weighted by molar-refractivity contribution is -0.385. The van der Waals surface area contributed by atoms with Crippen molar-refractivity contribution in [1.29, 1.82) is 0 Å². The van der Waals surface area contributed by atoms with Gasteiger partial charge < -0.3 is 5.32 Å². The summed E-state index contributed by atoms with van der Waals surface area (Å²) in [5, 5.41) is 14.6. The molecule has 0 heterocycles. The van der Waals surface area contributed by atoms with Crippen LogP contribution >= 0.6 is 15.9 Å². The lowest BCUT2D eigenvalue weighted by Crippen LogP contribution is -2.32. The Labute approximate surface area is 120 Å². The maximum Gasteiger partial charge on any atom is 0.273 e. The standard InChI is InChI=1S/C14H17BrN2O2/c15-12-5-6-13(17(18)19)11(7-12)8-16-14(9-1-2-9)10-3-4-10/h5-7,9-10,14,16H,1-4,8H2. The van der Waals surface area contributed by atoms with Crippen molar-refractivity contribution in [2.45, 2.75) is 38.3 Å². The molecular formula is C14H17BrN2O2. The van der Waals surface area contributed by atoms with E-state index in [1.54, 1.807) is 12.1 Å². The molecule has 2 aliphatic rings. The summed E-state index contributed by atoms with van der Waals surface area (Å²) in [4.78, 5) is 10.7. The first-order chi connectivity index (χ1) is 9.15. The van der Waals surface area contributed by atoms with Crippen molar-refractivity contribution < 1.29 is 4.92 Å². The largest absolute Gasteiger partial charge is 0.309 e. The molecule has 0 radical (unpaired) electrons. The molecule has 2 saturated carbocycles. The summed E-state index contributed by atoms with van der Waals surface area (Å²) in [5.41, 5.74) is 0.978. The molecule has 0 bridgehead atoms. The van der Waals surface area contributed by atoms with Gasteiger partial charge in [0.1, 0.15) is 0 Å². The van der Waals surface area contributed by atoms with Crippen molar-refractivity contribution in [1.82, 2.24) is 5.32 Å². The second-order valence-electron chi connectivity index (χ2n) is 5.61. The molecule has 19 heavy (non-hydrogen) atoms. The van der Waals surface area contributed by atoms with E-state index in [4.69, 9.17) is 0 Å². The number of hydrogen-bond donors (Lipinski definition) is 1. The van der Waals surface area contributed by atoms with Crippen LogP contribution in [0.3, 0.4) is 0 Å².